The topological polar surface area (TPSA) is 26.3 Å². The average molecular weight is 240 g/mol. The van der Waals surface area contributed by atoms with Crippen LogP contribution < -0.4 is 0 Å². The van der Waals surface area contributed by atoms with Crippen molar-refractivity contribution >= 4 is 18.0 Å². The number of hydrogen-bond donors (Lipinski definition) is 0. The van der Waals surface area contributed by atoms with Crippen LogP contribution in [0.4, 0.5) is 0 Å². The highest BCUT2D eigenvalue weighted by Gasteiger charge is 2.08. The minimum absolute atomic E-state index is 0.705. The third-order valence-electron chi connectivity index (χ3n) is 2.55. The van der Waals surface area contributed by atoms with Crippen molar-refractivity contribution in [1.82, 2.24) is 0 Å². The van der Waals surface area contributed by atoms with Gasteiger partial charge in [-0.1, -0.05) is 12.5 Å². The predicted octanol–water partition coefficient (Wildman–Crippen LogP) is 3.69. The van der Waals surface area contributed by atoms with Crippen molar-refractivity contribution in [2.45, 2.75) is 38.5 Å². The highest BCUT2D eigenvalue weighted by molar-refractivity contribution is 8.03. The monoisotopic (exact) mass is 240 g/mol. The van der Waals surface area contributed by atoms with Gasteiger partial charge in [-0.15, -0.1) is 11.8 Å². The standard InChI is InChI=1S/C13H20O2S/c1-15-12-8-4-5-9-13(12)16-11-7-3-2-6-10-14/h5,9-10H,2-4,6-8,11H2,1H3. The van der Waals surface area contributed by atoms with E-state index in [0.717, 1.165) is 43.5 Å². The molecule has 1 aliphatic rings. The Morgan fingerprint density at radius 3 is 3.06 bits per heavy atom. The smallest absolute Gasteiger partial charge is 0.119 e. The first-order chi connectivity index (χ1) is 7.88. The summed E-state index contributed by atoms with van der Waals surface area (Å²) in [6, 6.07) is 0. The molecule has 0 spiro atoms. The highest BCUT2D eigenvalue weighted by Crippen LogP contribution is 2.29. The average Bonchev–Trinajstić information content (AvgIpc) is 2.34. The Morgan fingerprint density at radius 2 is 2.31 bits per heavy atom. The van der Waals surface area contributed by atoms with E-state index in [4.69, 9.17) is 4.74 Å². The zero-order valence-electron chi connectivity index (χ0n) is 9.91. The van der Waals surface area contributed by atoms with E-state index in [-0.39, 0.29) is 0 Å². The zero-order valence-corrected chi connectivity index (χ0v) is 10.7. The van der Waals surface area contributed by atoms with Gasteiger partial charge in [0.1, 0.15) is 12.0 Å². The van der Waals surface area contributed by atoms with Crippen LogP contribution in [-0.2, 0) is 9.53 Å². The van der Waals surface area contributed by atoms with E-state index in [0.29, 0.717) is 6.42 Å². The van der Waals surface area contributed by atoms with Crippen LogP contribution in [0.2, 0.25) is 0 Å². The maximum absolute atomic E-state index is 10.1. The lowest BCUT2D eigenvalue weighted by Crippen LogP contribution is -1.95. The van der Waals surface area contributed by atoms with E-state index in [2.05, 4.69) is 12.2 Å². The summed E-state index contributed by atoms with van der Waals surface area (Å²) in [5.74, 6) is 2.24. The minimum Gasteiger partial charge on any atom is -0.500 e. The molecule has 0 aliphatic heterocycles. The highest BCUT2D eigenvalue weighted by atomic mass is 32.2. The maximum Gasteiger partial charge on any atom is 0.119 e. The molecule has 0 N–H and O–H groups in total. The molecule has 0 radical (unpaired) electrons. The number of ether oxygens (including phenoxy) is 1. The van der Waals surface area contributed by atoms with Gasteiger partial charge in [0.05, 0.1) is 7.11 Å². The summed E-state index contributed by atoms with van der Waals surface area (Å²) in [4.78, 5) is 11.4. The molecule has 0 fully saturated rings. The molecule has 1 rings (SSSR count). The van der Waals surface area contributed by atoms with Crippen molar-refractivity contribution in [1.29, 1.82) is 0 Å². The van der Waals surface area contributed by atoms with Gasteiger partial charge in [0.25, 0.3) is 0 Å². The zero-order chi connectivity index (χ0) is 11.6. The number of rotatable bonds is 8. The van der Waals surface area contributed by atoms with E-state index < -0.39 is 0 Å². The number of carbonyl (C=O) groups is 1. The molecule has 0 aromatic rings. The van der Waals surface area contributed by atoms with E-state index in [1.807, 2.05) is 11.8 Å². The molecule has 90 valence electrons. The summed E-state index contributed by atoms with van der Waals surface area (Å²) in [7, 11) is 1.75. The Hall–Kier alpha value is -0.700. The molecule has 0 heterocycles. The van der Waals surface area contributed by atoms with Crippen LogP contribution in [0, 0.1) is 0 Å². The van der Waals surface area contributed by atoms with E-state index >= 15 is 0 Å². The van der Waals surface area contributed by atoms with Crippen LogP contribution in [0.5, 0.6) is 0 Å². The van der Waals surface area contributed by atoms with Gasteiger partial charge in [-0.3, -0.25) is 0 Å². The van der Waals surface area contributed by atoms with Gasteiger partial charge in [-0.2, -0.15) is 0 Å². The lowest BCUT2D eigenvalue weighted by Gasteiger charge is -2.14. The molecular formula is C13H20O2S. The minimum atomic E-state index is 0.705. The van der Waals surface area contributed by atoms with Gasteiger partial charge >= 0.3 is 0 Å². The maximum atomic E-state index is 10.1. The summed E-state index contributed by atoms with van der Waals surface area (Å²) in [5.41, 5.74) is 0. The van der Waals surface area contributed by atoms with E-state index in [9.17, 15) is 4.79 Å². The lowest BCUT2D eigenvalue weighted by atomic mass is 10.2. The van der Waals surface area contributed by atoms with Crippen LogP contribution in [-0.4, -0.2) is 19.1 Å². The molecule has 0 aromatic heterocycles. The predicted molar refractivity (Wildman–Crippen MR) is 69.4 cm³/mol. The second-order valence-corrected chi connectivity index (χ2v) is 4.93. The number of carbonyl (C=O) groups excluding carboxylic acids is 1. The Balaban J connectivity index is 2.18. The van der Waals surface area contributed by atoms with Crippen LogP contribution in [0.15, 0.2) is 22.8 Å². The van der Waals surface area contributed by atoms with Gasteiger partial charge < -0.3 is 9.53 Å². The molecule has 2 nitrogen and oxygen atoms in total. The molecule has 0 amide bonds. The largest absolute Gasteiger partial charge is 0.500 e. The van der Waals surface area contributed by atoms with Gasteiger partial charge in [-0.25, -0.2) is 0 Å². The third kappa shape index (κ3) is 4.88. The normalized spacial score (nSPS) is 15.3. The van der Waals surface area contributed by atoms with Crippen LogP contribution in [0.3, 0.4) is 0 Å². The number of thioether (sulfide) groups is 1. The molecule has 3 heteroatoms. The van der Waals surface area contributed by atoms with Gasteiger partial charge in [0.2, 0.25) is 0 Å². The summed E-state index contributed by atoms with van der Waals surface area (Å²) in [6.07, 6.45) is 11.5. The second kappa shape index (κ2) is 8.45. The fourth-order valence-corrected chi connectivity index (χ4v) is 2.75. The first kappa shape index (κ1) is 13.4. The summed E-state index contributed by atoms with van der Waals surface area (Å²) in [5, 5.41) is 0. The van der Waals surface area contributed by atoms with E-state index in [1.54, 1.807) is 7.11 Å². The number of methoxy groups -OCH3 is 1. The number of unbranched alkanes of at least 4 members (excludes halogenated alkanes) is 3. The quantitative estimate of drug-likeness (QED) is 0.478. The van der Waals surface area contributed by atoms with Crippen molar-refractivity contribution in [2.24, 2.45) is 0 Å². The molecule has 1 aliphatic carbocycles. The number of allylic oxidation sites excluding steroid dienone is 3. The summed E-state index contributed by atoms with van der Waals surface area (Å²) < 4.78 is 5.36. The van der Waals surface area contributed by atoms with Crippen molar-refractivity contribution < 1.29 is 9.53 Å². The molecule has 16 heavy (non-hydrogen) atoms. The van der Waals surface area contributed by atoms with Crippen molar-refractivity contribution in [3.05, 3.63) is 22.8 Å². The molecule has 0 atom stereocenters. The fraction of sp³-hybridized carbons (Fsp3) is 0.615. The second-order valence-electron chi connectivity index (χ2n) is 3.80. The van der Waals surface area contributed by atoms with E-state index in [1.165, 1.54) is 11.3 Å². The molecule has 0 bridgehead atoms. The number of hydrogen-bond acceptors (Lipinski definition) is 3. The number of aldehydes is 1. The van der Waals surface area contributed by atoms with Crippen molar-refractivity contribution in [3.63, 3.8) is 0 Å². The lowest BCUT2D eigenvalue weighted by molar-refractivity contribution is -0.107. The summed E-state index contributed by atoms with van der Waals surface area (Å²) >= 11 is 1.87. The Labute approximate surface area is 102 Å². The van der Waals surface area contributed by atoms with Crippen molar-refractivity contribution in [3.8, 4) is 0 Å². The third-order valence-corrected chi connectivity index (χ3v) is 3.72. The SMILES string of the molecule is COC1=C(SCCCCCC=O)C=CCC1. The Morgan fingerprint density at radius 1 is 1.44 bits per heavy atom. The van der Waals surface area contributed by atoms with Gasteiger partial charge in [0.15, 0.2) is 0 Å². The van der Waals surface area contributed by atoms with Crippen LogP contribution >= 0.6 is 11.8 Å². The molecule has 0 saturated heterocycles. The Bertz CT molecular complexity index is 269. The molecule has 0 unspecified atom stereocenters. The first-order valence-corrected chi connectivity index (χ1v) is 6.87. The van der Waals surface area contributed by atoms with Gasteiger partial charge in [0, 0.05) is 17.7 Å². The first-order valence-electron chi connectivity index (χ1n) is 5.88. The van der Waals surface area contributed by atoms with Crippen molar-refractivity contribution in [2.75, 3.05) is 12.9 Å². The molecule has 0 aromatic carbocycles. The molecular weight excluding hydrogens is 220 g/mol. The summed E-state index contributed by atoms with van der Waals surface area (Å²) in [6.45, 7) is 0. The fourth-order valence-electron chi connectivity index (χ4n) is 1.64. The van der Waals surface area contributed by atoms with Crippen LogP contribution in [0.1, 0.15) is 38.5 Å². The molecule has 0 saturated carbocycles. The Kier molecular flexibility index (Phi) is 7.06. The van der Waals surface area contributed by atoms with Gasteiger partial charge in [-0.05, 0) is 31.1 Å². The van der Waals surface area contributed by atoms with Crippen LogP contribution in [0.25, 0.3) is 0 Å².